The lowest BCUT2D eigenvalue weighted by molar-refractivity contribution is -0.0207. The Labute approximate surface area is 89.4 Å². The maximum atomic E-state index is 12.8. The van der Waals surface area contributed by atoms with Gasteiger partial charge in [0.05, 0.1) is 12.7 Å². The standard InChI is InChI=1S/C12H16FNO/c1-8-7-15-12(9(2)14-8)10-3-5-11(13)6-4-10/h3-6,8-9,12,14H,7H2,1-2H3. The third kappa shape index (κ3) is 2.36. The maximum absolute atomic E-state index is 12.8. The molecule has 2 nitrogen and oxygen atoms in total. The summed E-state index contributed by atoms with van der Waals surface area (Å²) in [5, 5.41) is 3.42. The predicted molar refractivity (Wildman–Crippen MR) is 57.2 cm³/mol. The lowest BCUT2D eigenvalue weighted by Crippen LogP contribution is -2.47. The number of morpholine rings is 1. The Balaban J connectivity index is 2.13. The molecule has 0 saturated carbocycles. The van der Waals surface area contributed by atoms with Crippen LogP contribution in [-0.2, 0) is 4.74 Å². The fraction of sp³-hybridized carbons (Fsp3) is 0.500. The number of benzene rings is 1. The first-order valence-electron chi connectivity index (χ1n) is 5.30. The second-order valence-corrected chi connectivity index (χ2v) is 4.16. The van der Waals surface area contributed by atoms with Crippen LogP contribution in [0.15, 0.2) is 24.3 Å². The Bertz CT molecular complexity index is 325. The highest BCUT2D eigenvalue weighted by Gasteiger charge is 2.26. The molecule has 0 amide bonds. The largest absolute Gasteiger partial charge is 0.370 e. The van der Waals surface area contributed by atoms with E-state index in [9.17, 15) is 4.39 Å². The zero-order valence-corrected chi connectivity index (χ0v) is 9.03. The van der Waals surface area contributed by atoms with Crippen molar-refractivity contribution in [3.05, 3.63) is 35.6 Å². The Morgan fingerprint density at radius 3 is 2.53 bits per heavy atom. The van der Waals surface area contributed by atoms with E-state index in [-0.39, 0.29) is 18.0 Å². The topological polar surface area (TPSA) is 21.3 Å². The van der Waals surface area contributed by atoms with Crippen molar-refractivity contribution in [2.24, 2.45) is 0 Å². The zero-order chi connectivity index (χ0) is 10.8. The fourth-order valence-corrected chi connectivity index (χ4v) is 2.01. The molecule has 1 saturated heterocycles. The summed E-state index contributed by atoms with van der Waals surface area (Å²) in [6, 6.07) is 7.17. The van der Waals surface area contributed by atoms with Crippen molar-refractivity contribution in [3.63, 3.8) is 0 Å². The molecule has 0 spiro atoms. The van der Waals surface area contributed by atoms with Gasteiger partial charge in [-0.05, 0) is 31.5 Å². The van der Waals surface area contributed by atoms with Gasteiger partial charge in [0.15, 0.2) is 0 Å². The quantitative estimate of drug-likeness (QED) is 0.766. The van der Waals surface area contributed by atoms with Crippen LogP contribution in [0, 0.1) is 5.82 Å². The van der Waals surface area contributed by atoms with Gasteiger partial charge in [-0.15, -0.1) is 0 Å². The molecule has 1 aromatic rings. The molecule has 1 aromatic carbocycles. The maximum Gasteiger partial charge on any atom is 0.123 e. The van der Waals surface area contributed by atoms with E-state index < -0.39 is 0 Å². The van der Waals surface area contributed by atoms with Gasteiger partial charge in [0.2, 0.25) is 0 Å². The molecular formula is C12H16FNO. The van der Waals surface area contributed by atoms with E-state index in [1.54, 1.807) is 12.1 Å². The first-order valence-corrected chi connectivity index (χ1v) is 5.30. The van der Waals surface area contributed by atoms with Gasteiger partial charge in [-0.3, -0.25) is 0 Å². The predicted octanol–water partition coefficient (Wildman–Crippen LogP) is 2.26. The number of nitrogens with one attached hydrogen (secondary N) is 1. The molecule has 0 radical (unpaired) electrons. The van der Waals surface area contributed by atoms with Crippen LogP contribution in [0.2, 0.25) is 0 Å². The summed E-state index contributed by atoms with van der Waals surface area (Å²) >= 11 is 0. The molecule has 15 heavy (non-hydrogen) atoms. The Kier molecular flexibility index (Phi) is 3.03. The molecule has 3 atom stereocenters. The average Bonchev–Trinajstić information content (AvgIpc) is 2.20. The first kappa shape index (κ1) is 10.6. The molecule has 1 N–H and O–H groups in total. The molecule has 0 aliphatic carbocycles. The highest BCUT2D eigenvalue weighted by molar-refractivity contribution is 5.20. The highest BCUT2D eigenvalue weighted by Crippen LogP contribution is 2.24. The van der Waals surface area contributed by atoms with E-state index >= 15 is 0 Å². The first-order chi connectivity index (χ1) is 7.16. The molecular weight excluding hydrogens is 193 g/mol. The van der Waals surface area contributed by atoms with Crippen molar-refractivity contribution in [3.8, 4) is 0 Å². The van der Waals surface area contributed by atoms with Crippen LogP contribution in [0.3, 0.4) is 0 Å². The van der Waals surface area contributed by atoms with Gasteiger partial charge in [-0.25, -0.2) is 4.39 Å². The van der Waals surface area contributed by atoms with Crippen molar-refractivity contribution < 1.29 is 9.13 Å². The van der Waals surface area contributed by atoms with Gasteiger partial charge in [0.1, 0.15) is 5.82 Å². The molecule has 1 heterocycles. The highest BCUT2D eigenvalue weighted by atomic mass is 19.1. The van der Waals surface area contributed by atoms with E-state index in [4.69, 9.17) is 4.74 Å². The molecule has 0 aromatic heterocycles. The summed E-state index contributed by atoms with van der Waals surface area (Å²) in [7, 11) is 0. The summed E-state index contributed by atoms with van der Waals surface area (Å²) in [6.45, 7) is 4.88. The molecule has 82 valence electrons. The smallest absolute Gasteiger partial charge is 0.123 e. The normalized spacial score (nSPS) is 31.5. The number of rotatable bonds is 1. The summed E-state index contributed by atoms with van der Waals surface area (Å²) in [4.78, 5) is 0. The molecule has 3 unspecified atom stereocenters. The van der Waals surface area contributed by atoms with Crippen LogP contribution in [0.5, 0.6) is 0 Å². The minimum atomic E-state index is -0.205. The van der Waals surface area contributed by atoms with Crippen LogP contribution in [0.4, 0.5) is 4.39 Å². The van der Waals surface area contributed by atoms with Crippen molar-refractivity contribution in [2.45, 2.75) is 32.0 Å². The summed E-state index contributed by atoms with van der Waals surface area (Å²) in [6.07, 6.45) is 0.0294. The third-order valence-corrected chi connectivity index (χ3v) is 2.73. The number of hydrogen-bond donors (Lipinski definition) is 1. The second kappa shape index (κ2) is 4.29. The summed E-state index contributed by atoms with van der Waals surface area (Å²) < 4.78 is 18.5. The molecule has 1 aliphatic heterocycles. The van der Waals surface area contributed by atoms with E-state index in [0.717, 1.165) is 5.56 Å². The lowest BCUT2D eigenvalue weighted by atomic mass is 10.0. The SMILES string of the molecule is CC1COC(c2ccc(F)cc2)C(C)N1. The number of hydrogen-bond acceptors (Lipinski definition) is 2. The third-order valence-electron chi connectivity index (χ3n) is 2.73. The van der Waals surface area contributed by atoms with Crippen LogP contribution in [-0.4, -0.2) is 18.7 Å². The Morgan fingerprint density at radius 1 is 1.27 bits per heavy atom. The van der Waals surface area contributed by atoms with Crippen molar-refractivity contribution in [1.82, 2.24) is 5.32 Å². The van der Waals surface area contributed by atoms with Gasteiger partial charge in [0.25, 0.3) is 0 Å². The molecule has 3 heteroatoms. The van der Waals surface area contributed by atoms with Crippen molar-refractivity contribution >= 4 is 0 Å². The summed E-state index contributed by atoms with van der Waals surface area (Å²) in [5.74, 6) is -0.205. The van der Waals surface area contributed by atoms with Gasteiger partial charge in [-0.2, -0.15) is 0 Å². The van der Waals surface area contributed by atoms with Gasteiger partial charge < -0.3 is 10.1 Å². The Hall–Kier alpha value is -0.930. The number of halogens is 1. The van der Waals surface area contributed by atoms with Crippen LogP contribution in [0.1, 0.15) is 25.5 Å². The monoisotopic (exact) mass is 209 g/mol. The molecule has 1 fully saturated rings. The summed E-state index contributed by atoms with van der Waals surface area (Å²) in [5.41, 5.74) is 1.03. The molecule has 1 aliphatic rings. The van der Waals surface area contributed by atoms with Gasteiger partial charge >= 0.3 is 0 Å². The average molecular weight is 209 g/mol. The van der Waals surface area contributed by atoms with Crippen LogP contribution < -0.4 is 5.32 Å². The lowest BCUT2D eigenvalue weighted by Gasteiger charge is -2.34. The van der Waals surface area contributed by atoms with Gasteiger partial charge in [-0.1, -0.05) is 12.1 Å². The van der Waals surface area contributed by atoms with Crippen LogP contribution in [0.25, 0.3) is 0 Å². The van der Waals surface area contributed by atoms with E-state index in [0.29, 0.717) is 12.6 Å². The minimum Gasteiger partial charge on any atom is -0.370 e. The van der Waals surface area contributed by atoms with Crippen LogP contribution >= 0.6 is 0 Å². The minimum absolute atomic E-state index is 0.0294. The zero-order valence-electron chi connectivity index (χ0n) is 9.03. The van der Waals surface area contributed by atoms with Gasteiger partial charge in [0, 0.05) is 12.1 Å². The fourth-order valence-electron chi connectivity index (χ4n) is 2.01. The molecule has 0 bridgehead atoms. The Morgan fingerprint density at radius 2 is 1.93 bits per heavy atom. The van der Waals surface area contributed by atoms with Crippen molar-refractivity contribution in [2.75, 3.05) is 6.61 Å². The number of ether oxygens (including phenoxy) is 1. The molecule has 2 rings (SSSR count). The van der Waals surface area contributed by atoms with E-state index in [1.165, 1.54) is 12.1 Å². The second-order valence-electron chi connectivity index (χ2n) is 4.16. The van der Waals surface area contributed by atoms with Crippen molar-refractivity contribution in [1.29, 1.82) is 0 Å². The van der Waals surface area contributed by atoms with E-state index in [2.05, 4.69) is 19.2 Å². The van der Waals surface area contributed by atoms with E-state index in [1.807, 2.05) is 0 Å².